The third kappa shape index (κ3) is 5.39. The van der Waals surface area contributed by atoms with Gasteiger partial charge in [-0.1, -0.05) is 13.3 Å². The second-order valence-electron chi connectivity index (χ2n) is 4.52. The van der Waals surface area contributed by atoms with Gasteiger partial charge in [0.2, 0.25) is 0 Å². The van der Waals surface area contributed by atoms with Crippen molar-refractivity contribution in [3.8, 4) is 5.75 Å². The van der Waals surface area contributed by atoms with Gasteiger partial charge in [0.05, 0.1) is 17.6 Å². The Morgan fingerprint density at radius 2 is 2.19 bits per heavy atom. The van der Waals surface area contributed by atoms with Gasteiger partial charge in [0.15, 0.2) is 6.61 Å². The van der Waals surface area contributed by atoms with Crippen molar-refractivity contribution >= 4 is 11.7 Å². The minimum absolute atomic E-state index is 0.149. The summed E-state index contributed by atoms with van der Waals surface area (Å²) in [6.07, 6.45) is 0.751. The Labute approximate surface area is 122 Å². The summed E-state index contributed by atoms with van der Waals surface area (Å²) >= 11 is 0. The highest BCUT2D eigenvalue weighted by Crippen LogP contribution is 2.29. The van der Waals surface area contributed by atoms with Crippen LogP contribution in [0, 0.1) is 10.1 Å². The van der Waals surface area contributed by atoms with Crippen molar-refractivity contribution in [2.24, 2.45) is 0 Å². The minimum Gasteiger partial charge on any atom is -0.482 e. The van der Waals surface area contributed by atoms with Crippen molar-refractivity contribution in [1.82, 2.24) is 0 Å². The van der Waals surface area contributed by atoms with Gasteiger partial charge in [-0.25, -0.2) is 4.79 Å². The summed E-state index contributed by atoms with van der Waals surface area (Å²) < 4.78 is 10.2. The zero-order valence-electron chi connectivity index (χ0n) is 12.1. The molecular weight excluding hydrogens is 278 g/mol. The molecule has 0 saturated carbocycles. The van der Waals surface area contributed by atoms with Crippen molar-refractivity contribution in [2.75, 3.05) is 13.2 Å². The number of aliphatic hydroxyl groups is 1. The van der Waals surface area contributed by atoms with E-state index >= 15 is 0 Å². The molecule has 1 rings (SSSR count). The van der Waals surface area contributed by atoms with E-state index in [-0.39, 0.29) is 23.6 Å². The van der Waals surface area contributed by atoms with Crippen LogP contribution in [-0.2, 0) is 9.53 Å². The highest BCUT2D eigenvalue weighted by atomic mass is 16.6. The molecule has 0 amide bonds. The lowest BCUT2D eigenvalue weighted by atomic mass is 10.1. The van der Waals surface area contributed by atoms with Crippen LogP contribution in [0.25, 0.3) is 0 Å². The second kappa shape index (κ2) is 8.21. The molecule has 0 aliphatic carbocycles. The van der Waals surface area contributed by atoms with Gasteiger partial charge in [0.25, 0.3) is 5.69 Å². The number of carbonyl (C=O) groups excluding carboxylic acids is 1. The summed E-state index contributed by atoms with van der Waals surface area (Å²) in [4.78, 5) is 21.6. The van der Waals surface area contributed by atoms with Crippen molar-refractivity contribution < 1.29 is 24.3 Å². The lowest BCUT2D eigenvalue weighted by Crippen LogP contribution is -2.16. The topological polar surface area (TPSA) is 98.9 Å². The fraction of sp³-hybridized carbons (Fsp3) is 0.500. The van der Waals surface area contributed by atoms with Crippen molar-refractivity contribution in [3.05, 3.63) is 33.9 Å². The van der Waals surface area contributed by atoms with Crippen molar-refractivity contribution in [1.29, 1.82) is 0 Å². The van der Waals surface area contributed by atoms with E-state index in [2.05, 4.69) is 0 Å². The molecule has 0 saturated heterocycles. The van der Waals surface area contributed by atoms with Crippen LogP contribution in [0.5, 0.6) is 5.75 Å². The molecule has 0 aliphatic heterocycles. The van der Waals surface area contributed by atoms with E-state index < -0.39 is 17.0 Å². The van der Waals surface area contributed by atoms with Gasteiger partial charge >= 0.3 is 5.97 Å². The number of nitro groups is 1. The number of aliphatic hydroxyl groups excluding tert-OH is 1. The average Bonchev–Trinajstić information content (AvgIpc) is 2.45. The molecule has 1 N–H and O–H groups in total. The van der Waals surface area contributed by atoms with Gasteiger partial charge in [-0.15, -0.1) is 0 Å². The Kier molecular flexibility index (Phi) is 6.61. The van der Waals surface area contributed by atoms with Crippen molar-refractivity contribution in [2.45, 2.75) is 32.8 Å². The molecule has 0 aliphatic rings. The Bertz CT molecular complexity index is 500. The number of rotatable bonds is 8. The number of ether oxygens (including phenoxy) is 2. The van der Waals surface area contributed by atoms with Crippen LogP contribution in [0.4, 0.5) is 5.69 Å². The second-order valence-corrected chi connectivity index (χ2v) is 4.52. The maximum atomic E-state index is 11.4. The van der Waals surface area contributed by atoms with E-state index in [0.717, 1.165) is 12.8 Å². The molecule has 1 aromatic carbocycles. The highest BCUT2D eigenvalue weighted by molar-refractivity contribution is 5.71. The predicted molar refractivity (Wildman–Crippen MR) is 75.1 cm³/mol. The fourth-order valence-corrected chi connectivity index (χ4v) is 1.62. The van der Waals surface area contributed by atoms with E-state index in [1.165, 1.54) is 25.1 Å². The Hall–Kier alpha value is -2.15. The molecule has 7 nitrogen and oxygen atoms in total. The van der Waals surface area contributed by atoms with Crippen LogP contribution in [0.3, 0.4) is 0 Å². The average molecular weight is 297 g/mol. The zero-order chi connectivity index (χ0) is 15.8. The first-order valence-electron chi connectivity index (χ1n) is 6.70. The van der Waals surface area contributed by atoms with Crippen LogP contribution >= 0.6 is 0 Å². The van der Waals surface area contributed by atoms with Crippen LogP contribution < -0.4 is 4.74 Å². The normalized spacial score (nSPS) is 11.8. The lowest BCUT2D eigenvalue weighted by Gasteiger charge is -2.13. The Morgan fingerprint density at radius 1 is 1.48 bits per heavy atom. The van der Waals surface area contributed by atoms with Gasteiger partial charge in [0.1, 0.15) is 5.75 Å². The quantitative estimate of drug-likeness (QED) is 0.342. The SMILES string of the molecule is CCCCOC(=O)COc1ccc([N+](=O)[O-])cc1[C@H](C)O. The predicted octanol–water partition coefficient (Wildman–Crippen LogP) is 2.37. The largest absolute Gasteiger partial charge is 0.482 e. The zero-order valence-corrected chi connectivity index (χ0v) is 12.1. The molecule has 21 heavy (non-hydrogen) atoms. The van der Waals surface area contributed by atoms with Gasteiger partial charge in [-0.2, -0.15) is 0 Å². The molecule has 0 radical (unpaired) electrons. The maximum absolute atomic E-state index is 11.4. The summed E-state index contributed by atoms with van der Waals surface area (Å²) in [5.74, 6) is -0.290. The number of esters is 1. The first-order valence-corrected chi connectivity index (χ1v) is 6.70. The van der Waals surface area contributed by atoms with Gasteiger partial charge in [-0.05, 0) is 19.4 Å². The van der Waals surface area contributed by atoms with Gasteiger partial charge in [-0.3, -0.25) is 10.1 Å². The molecule has 1 atom stereocenters. The third-order valence-corrected chi connectivity index (χ3v) is 2.76. The molecule has 0 unspecified atom stereocenters. The van der Waals surface area contributed by atoms with Gasteiger partial charge < -0.3 is 14.6 Å². The number of hydrogen-bond donors (Lipinski definition) is 1. The molecule has 116 valence electrons. The molecule has 0 spiro atoms. The summed E-state index contributed by atoms with van der Waals surface area (Å²) in [7, 11) is 0. The van der Waals surface area contributed by atoms with Crippen molar-refractivity contribution in [3.63, 3.8) is 0 Å². The molecular formula is C14H19NO6. The Balaban J connectivity index is 2.70. The number of hydrogen-bond acceptors (Lipinski definition) is 6. The molecule has 7 heteroatoms. The summed E-state index contributed by atoms with van der Waals surface area (Å²) in [6.45, 7) is 3.48. The number of carbonyl (C=O) groups is 1. The van der Waals surface area contributed by atoms with Crippen LogP contribution in [0.1, 0.15) is 38.4 Å². The number of benzene rings is 1. The molecule has 0 bridgehead atoms. The monoisotopic (exact) mass is 297 g/mol. The summed E-state index contributed by atoms with van der Waals surface area (Å²) in [5.41, 5.74) is 0.106. The molecule has 1 aromatic rings. The van der Waals surface area contributed by atoms with Crippen LogP contribution in [0.15, 0.2) is 18.2 Å². The molecule has 0 heterocycles. The lowest BCUT2D eigenvalue weighted by molar-refractivity contribution is -0.385. The van der Waals surface area contributed by atoms with E-state index in [9.17, 15) is 20.0 Å². The molecule has 0 aromatic heterocycles. The fourth-order valence-electron chi connectivity index (χ4n) is 1.62. The summed E-state index contributed by atoms with van der Waals surface area (Å²) in [6, 6.07) is 3.84. The smallest absolute Gasteiger partial charge is 0.344 e. The third-order valence-electron chi connectivity index (χ3n) is 2.76. The number of nitro benzene ring substituents is 1. The van der Waals surface area contributed by atoms with E-state index in [0.29, 0.717) is 6.61 Å². The van der Waals surface area contributed by atoms with E-state index in [1.807, 2.05) is 6.92 Å². The van der Waals surface area contributed by atoms with E-state index in [4.69, 9.17) is 9.47 Å². The van der Waals surface area contributed by atoms with Crippen LogP contribution in [0.2, 0.25) is 0 Å². The van der Waals surface area contributed by atoms with E-state index in [1.54, 1.807) is 0 Å². The minimum atomic E-state index is -0.948. The molecule has 0 fully saturated rings. The highest BCUT2D eigenvalue weighted by Gasteiger charge is 2.16. The number of non-ortho nitro benzene ring substituents is 1. The first kappa shape index (κ1) is 16.9. The standard InChI is InChI=1S/C14H19NO6/c1-3-4-7-20-14(17)9-21-13-6-5-11(15(18)19)8-12(13)10(2)16/h5-6,8,10,16H,3-4,7,9H2,1-2H3/t10-/m0/s1. The number of nitrogens with zero attached hydrogens (tertiary/aromatic N) is 1. The maximum Gasteiger partial charge on any atom is 0.344 e. The first-order chi connectivity index (χ1) is 9.95. The Morgan fingerprint density at radius 3 is 2.76 bits per heavy atom. The van der Waals surface area contributed by atoms with Gasteiger partial charge in [0, 0.05) is 17.7 Å². The summed E-state index contributed by atoms with van der Waals surface area (Å²) in [5, 5.41) is 20.3. The van der Waals surface area contributed by atoms with Crippen LogP contribution in [-0.4, -0.2) is 29.2 Å². The number of unbranched alkanes of at least 4 members (excludes halogenated alkanes) is 1.